The zero-order chi connectivity index (χ0) is 16.5. The molecule has 1 heterocycles. The van der Waals surface area contributed by atoms with Gasteiger partial charge in [0.15, 0.2) is 6.20 Å². The topological polar surface area (TPSA) is 20.9 Å². The number of carbonyl (C=O) groups is 1. The number of aromatic nitrogens is 1. The molecular formula is C21H16BrClNO+. The Morgan fingerprint density at radius 2 is 1.56 bits per heavy atom. The van der Waals surface area contributed by atoms with Gasteiger partial charge < -0.3 is 0 Å². The maximum Gasteiger partial charge on any atom is 0.227 e. The second kappa shape index (κ2) is 7.34. The third-order valence-electron chi connectivity index (χ3n) is 4.27. The van der Waals surface area contributed by atoms with Gasteiger partial charge in [0.25, 0.3) is 0 Å². The van der Waals surface area contributed by atoms with Gasteiger partial charge in [-0.1, -0.05) is 35.9 Å². The SMILES string of the molecule is Br.O=C(C[n+]1cccc2c3ccccc3ccc21)c1ccc(Cl)cc1. The van der Waals surface area contributed by atoms with E-state index in [2.05, 4.69) is 30.3 Å². The summed E-state index contributed by atoms with van der Waals surface area (Å²) in [4.78, 5) is 12.6. The number of carbonyl (C=O) groups excluding carboxylic acids is 1. The van der Waals surface area contributed by atoms with Gasteiger partial charge in [0.05, 0.1) is 5.39 Å². The number of fused-ring (bicyclic) bond motifs is 3. The molecule has 0 aliphatic rings. The van der Waals surface area contributed by atoms with Crippen LogP contribution in [0, 0.1) is 0 Å². The summed E-state index contributed by atoms with van der Waals surface area (Å²) in [6, 6.07) is 23.6. The van der Waals surface area contributed by atoms with Crippen molar-refractivity contribution in [2.45, 2.75) is 6.54 Å². The smallest absolute Gasteiger partial charge is 0.227 e. The highest BCUT2D eigenvalue weighted by Crippen LogP contribution is 2.23. The van der Waals surface area contributed by atoms with E-state index in [0.717, 1.165) is 10.9 Å². The minimum atomic E-state index is 0. The molecule has 0 saturated heterocycles. The molecule has 0 saturated carbocycles. The summed E-state index contributed by atoms with van der Waals surface area (Å²) < 4.78 is 2.00. The molecule has 124 valence electrons. The average Bonchev–Trinajstić information content (AvgIpc) is 2.62. The van der Waals surface area contributed by atoms with Crippen molar-refractivity contribution in [3.8, 4) is 0 Å². The van der Waals surface area contributed by atoms with Gasteiger partial charge in [-0.15, -0.1) is 17.0 Å². The lowest BCUT2D eigenvalue weighted by atomic mass is 10.0. The molecule has 3 aromatic carbocycles. The van der Waals surface area contributed by atoms with Gasteiger partial charge in [0.1, 0.15) is 0 Å². The molecule has 1 aromatic heterocycles. The van der Waals surface area contributed by atoms with Gasteiger partial charge in [0, 0.05) is 22.7 Å². The second-order valence-corrected chi connectivity index (χ2v) is 6.22. The van der Waals surface area contributed by atoms with E-state index in [1.54, 1.807) is 24.3 Å². The zero-order valence-corrected chi connectivity index (χ0v) is 15.8. The molecule has 2 nitrogen and oxygen atoms in total. The van der Waals surface area contributed by atoms with Gasteiger partial charge >= 0.3 is 0 Å². The van der Waals surface area contributed by atoms with E-state index >= 15 is 0 Å². The Balaban J connectivity index is 0.00000182. The summed E-state index contributed by atoms with van der Waals surface area (Å²) in [5, 5.41) is 4.19. The number of rotatable bonds is 3. The lowest BCUT2D eigenvalue weighted by molar-refractivity contribution is -0.657. The number of halogens is 2. The van der Waals surface area contributed by atoms with Crippen LogP contribution in [0.3, 0.4) is 0 Å². The van der Waals surface area contributed by atoms with Crippen LogP contribution in [0.1, 0.15) is 10.4 Å². The third-order valence-corrected chi connectivity index (χ3v) is 4.52. The normalized spacial score (nSPS) is 10.6. The summed E-state index contributed by atoms with van der Waals surface area (Å²) in [7, 11) is 0. The molecule has 0 spiro atoms. The molecule has 0 N–H and O–H groups in total. The Labute approximate surface area is 161 Å². The molecule has 0 aliphatic heterocycles. The first-order valence-electron chi connectivity index (χ1n) is 7.81. The van der Waals surface area contributed by atoms with Crippen molar-refractivity contribution in [2.24, 2.45) is 0 Å². The van der Waals surface area contributed by atoms with Crippen molar-refractivity contribution in [3.63, 3.8) is 0 Å². The van der Waals surface area contributed by atoms with E-state index in [1.165, 1.54) is 10.8 Å². The summed E-state index contributed by atoms with van der Waals surface area (Å²) in [5.74, 6) is 0.0670. The summed E-state index contributed by atoms with van der Waals surface area (Å²) in [5.41, 5.74) is 1.73. The second-order valence-electron chi connectivity index (χ2n) is 5.79. The highest BCUT2D eigenvalue weighted by Gasteiger charge is 2.16. The van der Waals surface area contributed by atoms with Crippen LogP contribution in [0.25, 0.3) is 21.7 Å². The fourth-order valence-corrected chi connectivity index (χ4v) is 3.18. The van der Waals surface area contributed by atoms with Crippen LogP contribution in [0.4, 0.5) is 0 Å². The molecular weight excluding hydrogens is 398 g/mol. The van der Waals surface area contributed by atoms with Crippen LogP contribution in [0.15, 0.2) is 79.0 Å². The first-order chi connectivity index (χ1) is 11.7. The van der Waals surface area contributed by atoms with Crippen molar-refractivity contribution in [1.82, 2.24) is 0 Å². The van der Waals surface area contributed by atoms with Crippen LogP contribution in [0.2, 0.25) is 5.02 Å². The molecule has 0 fully saturated rings. The highest BCUT2D eigenvalue weighted by atomic mass is 79.9. The van der Waals surface area contributed by atoms with Gasteiger partial charge in [-0.25, -0.2) is 0 Å². The number of hydrogen-bond acceptors (Lipinski definition) is 1. The average molecular weight is 414 g/mol. The zero-order valence-electron chi connectivity index (χ0n) is 13.4. The number of pyridine rings is 1. The lowest BCUT2D eigenvalue weighted by Gasteiger charge is -2.04. The van der Waals surface area contributed by atoms with Gasteiger partial charge in [-0.3, -0.25) is 4.79 Å². The van der Waals surface area contributed by atoms with E-state index in [4.69, 9.17) is 11.6 Å². The Morgan fingerprint density at radius 1 is 0.840 bits per heavy atom. The number of hydrogen-bond donors (Lipinski definition) is 0. The summed E-state index contributed by atoms with van der Waals surface area (Å²) >= 11 is 5.89. The van der Waals surface area contributed by atoms with Crippen LogP contribution in [0.5, 0.6) is 0 Å². The number of benzene rings is 3. The fourth-order valence-electron chi connectivity index (χ4n) is 3.05. The van der Waals surface area contributed by atoms with Crippen LogP contribution < -0.4 is 4.57 Å². The first-order valence-corrected chi connectivity index (χ1v) is 8.19. The molecule has 0 amide bonds. The van der Waals surface area contributed by atoms with E-state index < -0.39 is 0 Å². The Kier molecular flexibility index (Phi) is 5.16. The molecule has 25 heavy (non-hydrogen) atoms. The molecule has 0 bridgehead atoms. The Hall–Kier alpha value is -2.23. The maximum atomic E-state index is 12.6. The van der Waals surface area contributed by atoms with Crippen molar-refractivity contribution < 1.29 is 9.36 Å². The highest BCUT2D eigenvalue weighted by molar-refractivity contribution is 8.93. The van der Waals surface area contributed by atoms with E-state index in [-0.39, 0.29) is 22.8 Å². The Morgan fingerprint density at radius 3 is 2.36 bits per heavy atom. The summed E-state index contributed by atoms with van der Waals surface area (Å²) in [6.07, 6.45) is 1.95. The van der Waals surface area contributed by atoms with Crippen molar-refractivity contribution in [1.29, 1.82) is 0 Å². The van der Waals surface area contributed by atoms with E-state index in [9.17, 15) is 4.79 Å². The molecule has 4 aromatic rings. The minimum Gasteiger partial charge on any atom is -0.287 e. The molecule has 4 rings (SSSR count). The molecule has 0 unspecified atom stereocenters. The van der Waals surface area contributed by atoms with Crippen LogP contribution in [-0.2, 0) is 6.54 Å². The van der Waals surface area contributed by atoms with E-state index in [0.29, 0.717) is 17.1 Å². The van der Waals surface area contributed by atoms with Gasteiger partial charge in [-0.2, -0.15) is 4.57 Å². The van der Waals surface area contributed by atoms with Crippen LogP contribution >= 0.6 is 28.6 Å². The predicted molar refractivity (Wildman–Crippen MR) is 108 cm³/mol. The van der Waals surface area contributed by atoms with Gasteiger partial charge in [0.2, 0.25) is 17.8 Å². The quantitative estimate of drug-likeness (QED) is 0.250. The maximum absolute atomic E-state index is 12.6. The first kappa shape index (κ1) is 17.6. The Bertz CT molecular complexity index is 1060. The number of nitrogens with zero attached hydrogens (tertiary/aromatic N) is 1. The van der Waals surface area contributed by atoms with E-state index in [1.807, 2.05) is 29.0 Å². The van der Waals surface area contributed by atoms with Crippen molar-refractivity contribution in [3.05, 3.63) is 89.6 Å². The number of Topliss-reactive ketones (excluding diaryl/α,β-unsaturated/α-hetero) is 1. The molecule has 0 atom stereocenters. The van der Waals surface area contributed by atoms with Gasteiger partial charge in [-0.05, 0) is 47.2 Å². The minimum absolute atomic E-state index is 0. The largest absolute Gasteiger partial charge is 0.287 e. The number of ketones is 1. The molecule has 0 radical (unpaired) electrons. The predicted octanol–water partition coefficient (Wildman–Crippen LogP) is 5.39. The van der Waals surface area contributed by atoms with Crippen molar-refractivity contribution >= 4 is 56.0 Å². The third kappa shape index (κ3) is 3.44. The molecule has 0 aliphatic carbocycles. The van der Waals surface area contributed by atoms with Crippen molar-refractivity contribution in [2.75, 3.05) is 0 Å². The summed E-state index contributed by atoms with van der Waals surface area (Å²) in [6.45, 7) is 0.303. The standard InChI is InChI=1S/C21H15ClNO.BrH/c22-17-10-7-16(8-11-17)21(24)14-23-13-3-6-19-18-5-2-1-4-15(18)9-12-20(19)23;/h1-13H,14H2;1H/q+1;. The lowest BCUT2D eigenvalue weighted by Crippen LogP contribution is -2.38. The monoisotopic (exact) mass is 412 g/mol. The van der Waals surface area contributed by atoms with Crippen LogP contribution in [-0.4, -0.2) is 5.78 Å². The molecule has 4 heteroatoms. The fraction of sp³-hybridized carbons (Fsp3) is 0.0476.